The van der Waals surface area contributed by atoms with Crippen LogP contribution in [0.25, 0.3) is 0 Å². The molecule has 2 rings (SSSR count). The van der Waals surface area contributed by atoms with E-state index in [0.29, 0.717) is 23.3 Å². The van der Waals surface area contributed by atoms with Gasteiger partial charge in [0.05, 0.1) is 12.0 Å². The van der Waals surface area contributed by atoms with Crippen LogP contribution in [-0.2, 0) is 0 Å². The number of nitrogens with one attached hydrogen (secondary N) is 1. The van der Waals surface area contributed by atoms with Crippen molar-refractivity contribution >= 4 is 17.2 Å². The molecule has 1 amide bonds. The first-order valence-electron chi connectivity index (χ1n) is 6.26. The third-order valence-electron chi connectivity index (χ3n) is 3.61. The van der Waals surface area contributed by atoms with Crippen LogP contribution < -0.4 is 10.1 Å². The molecular weight excluding hydrogens is 250 g/mol. The number of ether oxygens (including phenoxy) is 1. The van der Waals surface area contributed by atoms with E-state index in [-0.39, 0.29) is 12.5 Å². The summed E-state index contributed by atoms with van der Waals surface area (Å²) in [4.78, 5) is 12.6. The van der Waals surface area contributed by atoms with Gasteiger partial charge in [0.15, 0.2) is 0 Å². The third-order valence-corrected chi connectivity index (χ3v) is 4.52. The molecule has 0 bridgehead atoms. The Kier molecular flexibility index (Phi) is 4.60. The molecule has 2 unspecified atom stereocenters. The fourth-order valence-electron chi connectivity index (χ4n) is 2.48. The van der Waals surface area contributed by atoms with Crippen LogP contribution in [0.1, 0.15) is 28.9 Å². The summed E-state index contributed by atoms with van der Waals surface area (Å²) in [6.07, 6.45) is 3.32. The minimum atomic E-state index is -0.0492. The van der Waals surface area contributed by atoms with Crippen LogP contribution in [0.15, 0.2) is 11.4 Å². The lowest BCUT2D eigenvalue weighted by molar-refractivity contribution is 0.0941. The first-order valence-corrected chi connectivity index (χ1v) is 7.14. The van der Waals surface area contributed by atoms with Crippen LogP contribution in [0.2, 0.25) is 0 Å². The van der Waals surface area contributed by atoms with E-state index in [1.54, 1.807) is 13.2 Å². The fourth-order valence-corrected chi connectivity index (χ4v) is 3.25. The van der Waals surface area contributed by atoms with Crippen molar-refractivity contribution in [2.24, 2.45) is 11.8 Å². The summed E-state index contributed by atoms with van der Waals surface area (Å²) >= 11 is 1.38. The normalized spacial score (nSPS) is 23.0. The van der Waals surface area contributed by atoms with Crippen molar-refractivity contribution in [1.29, 1.82) is 0 Å². The molecular formula is C13H19NO3S. The van der Waals surface area contributed by atoms with E-state index in [1.165, 1.54) is 11.3 Å². The van der Waals surface area contributed by atoms with Gasteiger partial charge in [0.2, 0.25) is 0 Å². The van der Waals surface area contributed by atoms with E-state index >= 15 is 0 Å². The average molecular weight is 269 g/mol. The van der Waals surface area contributed by atoms with E-state index in [0.717, 1.165) is 25.0 Å². The lowest BCUT2D eigenvalue weighted by atomic mass is 9.97. The van der Waals surface area contributed by atoms with Gasteiger partial charge in [-0.2, -0.15) is 0 Å². The lowest BCUT2D eigenvalue weighted by Gasteiger charge is -2.17. The summed E-state index contributed by atoms with van der Waals surface area (Å²) in [6.45, 7) is 0.887. The van der Waals surface area contributed by atoms with Crippen LogP contribution in [0.4, 0.5) is 0 Å². The highest BCUT2D eigenvalue weighted by atomic mass is 32.1. The van der Waals surface area contributed by atoms with Crippen LogP contribution in [0.5, 0.6) is 5.75 Å². The Hall–Kier alpha value is -1.07. The number of carbonyl (C=O) groups is 1. The second kappa shape index (κ2) is 6.20. The van der Waals surface area contributed by atoms with Crippen molar-refractivity contribution in [2.75, 3.05) is 20.3 Å². The molecule has 2 N–H and O–H groups in total. The zero-order valence-corrected chi connectivity index (χ0v) is 11.3. The summed E-state index contributed by atoms with van der Waals surface area (Å²) in [7, 11) is 1.59. The summed E-state index contributed by atoms with van der Waals surface area (Å²) in [5, 5.41) is 14.0. The molecule has 100 valence electrons. The van der Waals surface area contributed by atoms with Gasteiger partial charge in [-0.25, -0.2) is 0 Å². The molecule has 1 fully saturated rings. The van der Waals surface area contributed by atoms with E-state index in [9.17, 15) is 9.90 Å². The Bertz CT molecular complexity index is 405. The Morgan fingerprint density at radius 1 is 1.56 bits per heavy atom. The molecule has 1 aliphatic rings. The smallest absolute Gasteiger partial charge is 0.261 e. The van der Waals surface area contributed by atoms with Crippen LogP contribution in [0, 0.1) is 11.8 Å². The molecule has 1 aliphatic carbocycles. The van der Waals surface area contributed by atoms with Gasteiger partial charge in [-0.05, 0) is 24.7 Å². The topological polar surface area (TPSA) is 58.6 Å². The van der Waals surface area contributed by atoms with E-state index in [4.69, 9.17) is 4.74 Å². The molecule has 2 atom stereocenters. The quantitative estimate of drug-likeness (QED) is 0.858. The Morgan fingerprint density at radius 3 is 3.00 bits per heavy atom. The van der Waals surface area contributed by atoms with Crippen LogP contribution in [0.3, 0.4) is 0 Å². The highest BCUT2D eigenvalue weighted by Crippen LogP contribution is 2.30. The standard InChI is InChI=1S/C13H19NO3S/c1-17-11-5-12(18-8-11)13(16)14-6-9-3-2-4-10(9)7-15/h5,8-10,15H,2-4,6-7H2,1H3,(H,14,16). The number of thiophene rings is 1. The first-order chi connectivity index (χ1) is 8.74. The maximum absolute atomic E-state index is 11.9. The molecule has 0 aliphatic heterocycles. The summed E-state index contributed by atoms with van der Waals surface area (Å²) in [6, 6.07) is 1.75. The van der Waals surface area contributed by atoms with Crippen molar-refractivity contribution in [3.8, 4) is 5.75 Å². The molecule has 0 saturated heterocycles. The molecule has 18 heavy (non-hydrogen) atoms. The van der Waals surface area contributed by atoms with E-state index < -0.39 is 0 Å². The molecule has 0 radical (unpaired) electrons. The maximum Gasteiger partial charge on any atom is 0.261 e. The zero-order chi connectivity index (χ0) is 13.0. The van der Waals surface area contributed by atoms with Crippen molar-refractivity contribution in [2.45, 2.75) is 19.3 Å². The molecule has 0 spiro atoms. The Balaban J connectivity index is 1.84. The largest absolute Gasteiger partial charge is 0.496 e. The van der Waals surface area contributed by atoms with Crippen molar-refractivity contribution in [3.05, 3.63) is 16.3 Å². The number of rotatable bonds is 5. The second-order valence-corrected chi connectivity index (χ2v) is 5.61. The van der Waals surface area contributed by atoms with Gasteiger partial charge in [0.1, 0.15) is 5.75 Å². The lowest BCUT2D eigenvalue weighted by Crippen LogP contribution is -2.31. The van der Waals surface area contributed by atoms with Gasteiger partial charge in [-0.3, -0.25) is 4.79 Å². The van der Waals surface area contributed by atoms with Crippen molar-refractivity contribution < 1.29 is 14.6 Å². The molecule has 0 aromatic carbocycles. The minimum Gasteiger partial charge on any atom is -0.496 e. The predicted molar refractivity (Wildman–Crippen MR) is 71.1 cm³/mol. The molecule has 4 nitrogen and oxygen atoms in total. The van der Waals surface area contributed by atoms with Crippen molar-refractivity contribution in [3.63, 3.8) is 0 Å². The van der Waals surface area contributed by atoms with Crippen LogP contribution >= 0.6 is 11.3 Å². The second-order valence-electron chi connectivity index (χ2n) is 4.69. The van der Waals surface area contributed by atoms with Gasteiger partial charge in [0, 0.05) is 24.6 Å². The molecule has 1 saturated carbocycles. The number of aliphatic hydroxyl groups excluding tert-OH is 1. The number of aliphatic hydroxyl groups is 1. The van der Waals surface area contributed by atoms with E-state index in [1.807, 2.05) is 5.38 Å². The SMILES string of the molecule is COc1csc(C(=O)NCC2CCCC2CO)c1. The van der Waals surface area contributed by atoms with Gasteiger partial charge in [-0.1, -0.05) is 6.42 Å². The average Bonchev–Trinajstić information content (AvgIpc) is 3.04. The number of methoxy groups -OCH3 is 1. The highest BCUT2D eigenvalue weighted by Gasteiger charge is 2.26. The number of carbonyl (C=O) groups excluding carboxylic acids is 1. The van der Waals surface area contributed by atoms with Gasteiger partial charge in [0.25, 0.3) is 5.91 Å². The summed E-state index contributed by atoms with van der Waals surface area (Å²) in [5.41, 5.74) is 0. The van der Waals surface area contributed by atoms with E-state index in [2.05, 4.69) is 5.32 Å². The molecule has 1 aromatic heterocycles. The molecule has 1 aromatic rings. The van der Waals surface area contributed by atoms with Crippen LogP contribution in [-0.4, -0.2) is 31.3 Å². The number of hydrogen-bond acceptors (Lipinski definition) is 4. The highest BCUT2D eigenvalue weighted by molar-refractivity contribution is 7.12. The maximum atomic E-state index is 11.9. The van der Waals surface area contributed by atoms with Gasteiger partial charge in [-0.15, -0.1) is 11.3 Å². The first kappa shape index (κ1) is 13.4. The summed E-state index contributed by atoms with van der Waals surface area (Å²) in [5.74, 6) is 1.44. The predicted octanol–water partition coefficient (Wildman–Crippen LogP) is 1.90. The molecule has 5 heteroatoms. The molecule has 1 heterocycles. The summed E-state index contributed by atoms with van der Waals surface area (Å²) < 4.78 is 5.05. The van der Waals surface area contributed by atoms with Crippen molar-refractivity contribution in [1.82, 2.24) is 5.32 Å². The van der Waals surface area contributed by atoms with Gasteiger partial charge < -0.3 is 15.2 Å². The Labute approximate surface area is 111 Å². The Morgan fingerprint density at radius 2 is 2.33 bits per heavy atom. The minimum absolute atomic E-state index is 0.0492. The number of hydrogen-bond donors (Lipinski definition) is 2. The fraction of sp³-hybridized carbons (Fsp3) is 0.615. The monoisotopic (exact) mass is 269 g/mol. The number of amides is 1. The van der Waals surface area contributed by atoms with Gasteiger partial charge >= 0.3 is 0 Å². The zero-order valence-electron chi connectivity index (χ0n) is 10.5. The third kappa shape index (κ3) is 3.03.